The summed E-state index contributed by atoms with van der Waals surface area (Å²) in [6, 6.07) is 6.12. The molecule has 0 saturated heterocycles. The number of benzene rings is 1. The second-order valence-electron chi connectivity index (χ2n) is 4.88. The maximum Gasteiger partial charge on any atom is 0.134 e. The van der Waals surface area contributed by atoms with Crippen molar-refractivity contribution in [1.82, 2.24) is 10.3 Å². The number of fused-ring (bicyclic) bond motifs is 1. The van der Waals surface area contributed by atoms with E-state index in [-0.39, 0.29) is 0 Å². The van der Waals surface area contributed by atoms with E-state index in [1.54, 1.807) is 7.11 Å². The van der Waals surface area contributed by atoms with Gasteiger partial charge in [-0.05, 0) is 43.0 Å². The average Bonchev–Trinajstić information content (AvgIpc) is 2.48. The molecule has 2 N–H and O–H groups in total. The molecule has 0 bridgehead atoms. The van der Waals surface area contributed by atoms with Crippen molar-refractivity contribution in [3.05, 3.63) is 30.0 Å². The van der Waals surface area contributed by atoms with Gasteiger partial charge in [-0.3, -0.25) is 0 Å². The maximum atomic E-state index is 5.31. The Morgan fingerprint density at radius 3 is 2.75 bits per heavy atom. The third kappa shape index (κ3) is 3.39. The first-order valence-electron chi connectivity index (χ1n) is 7.14. The fraction of sp³-hybridized carbons (Fsp3) is 0.438. The standard InChI is InChI=1S/C16H23N3O/c1-4-7-17-8-9-18-16-15-10-13(20-3)5-6-14(15)12(2)11-19-16/h5-6,10-11,17H,4,7-9H2,1-3H3,(H,18,19). The number of anilines is 1. The summed E-state index contributed by atoms with van der Waals surface area (Å²) in [5.41, 5.74) is 1.18. The fourth-order valence-corrected chi connectivity index (χ4v) is 2.20. The zero-order valence-corrected chi connectivity index (χ0v) is 12.5. The number of rotatable bonds is 7. The normalized spacial score (nSPS) is 10.8. The van der Waals surface area contributed by atoms with E-state index >= 15 is 0 Å². The summed E-state index contributed by atoms with van der Waals surface area (Å²) in [6.07, 6.45) is 3.07. The Bertz CT molecular complexity index is 569. The van der Waals surface area contributed by atoms with E-state index in [2.05, 4.69) is 35.5 Å². The Balaban J connectivity index is 2.17. The largest absolute Gasteiger partial charge is 0.497 e. The van der Waals surface area contributed by atoms with Gasteiger partial charge < -0.3 is 15.4 Å². The fourth-order valence-electron chi connectivity index (χ4n) is 2.20. The van der Waals surface area contributed by atoms with Crippen molar-refractivity contribution >= 4 is 16.6 Å². The van der Waals surface area contributed by atoms with E-state index in [4.69, 9.17) is 4.74 Å². The third-order valence-electron chi connectivity index (χ3n) is 3.31. The Labute approximate surface area is 120 Å². The lowest BCUT2D eigenvalue weighted by Crippen LogP contribution is -2.23. The highest BCUT2D eigenvalue weighted by atomic mass is 16.5. The van der Waals surface area contributed by atoms with Crippen LogP contribution in [0.2, 0.25) is 0 Å². The van der Waals surface area contributed by atoms with Gasteiger partial charge in [0.05, 0.1) is 7.11 Å². The Hall–Kier alpha value is -1.81. The molecule has 4 nitrogen and oxygen atoms in total. The zero-order chi connectivity index (χ0) is 14.4. The van der Waals surface area contributed by atoms with Crippen LogP contribution in [0.3, 0.4) is 0 Å². The van der Waals surface area contributed by atoms with Gasteiger partial charge in [0.15, 0.2) is 0 Å². The summed E-state index contributed by atoms with van der Waals surface area (Å²) in [7, 11) is 1.69. The molecule has 4 heteroatoms. The molecule has 0 spiro atoms. The van der Waals surface area contributed by atoms with Crippen LogP contribution < -0.4 is 15.4 Å². The van der Waals surface area contributed by atoms with E-state index in [1.807, 2.05) is 18.3 Å². The van der Waals surface area contributed by atoms with Gasteiger partial charge in [0, 0.05) is 24.7 Å². The van der Waals surface area contributed by atoms with E-state index in [0.717, 1.165) is 43.0 Å². The number of aryl methyl sites for hydroxylation is 1. The van der Waals surface area contributed by atoms with E-state index < -0.39 is 0 Å². The summed E-state index contributed by atoms with van der Waals surface area (Å²) in [6.45, 7) is 7.10. The second-order valence-corrected chi connectivity index (χ2v) is 4.88. The van der Waals surface area contributed by atoms with Crippen LogP contribution in [0.5, 0.6) is 5.75 Å². The van der Waals surface area contributed by atoms with Gasteiger partial charge in [-0.2, -0.15) is 0 Å². The monoisotopic (exact) mass is 273 g/mol. The van der Waals surface area contributed by atoms with Crippen LogP contribution in [0.15, 0.2) is 24.4 Å². The van der Waals surface area contributed by atoms with E-state index in [1.165, 1.54) is 10.9 Å². The molecule has 0 atom stereocenters. The van der Waals surface area contributed by atoms with Crippen molar-refractivity contribution in [2.45, 2.75) is 20.3 Å². The van der Waals surface area contributed by atoms with Crippen LogP contribution >= 0.6 is 0 Å². The molecule has 1 heterocycles. The number of methoxy groups -OCH3 is 1. The van der Waals surface area contributed by atoms with Gasteiger partial charge in [0.2, 0.25) is 0 Å². The van der Waals surface area contributed by atoms with Crippen LogP contribution in [-0.2, 0) is 0 Å². The predicted octanol–water partition coefficient (Wildman–Crippen LogP) is 2.96. The van der Waals surface area contributed by atoms with Crippen molar-refractivity contribution in [1.29, 1.82) is 0 Å². The summed E-state index contributed by atoms with van der Waals surface area (Å²) >= 11 is 0. The minimum Gasteiger partial charge on any atom is -0.497 e. The van der Waals surface area contributed by atoms with Crippen molar-refractivity contribution in [3.8, 4) is 5.75 Å². The van der Waals surface area contributed by atoms with Gasteiger partial charge in [-0.15, -0.1) is 0 Å². The SMILES string of the molecule is CCCNCCNc1ncc(C)c2ccc(OC)cc12. The molecule has 1 aromatic carbocycles. The highest BCUT2D eigenvalue weighted by Crippen LogP contribution is 2.27. The Kier molecular flexibility index (Phi) is 5.18. The second kappa shape index (κ2) is 7.10. The highest BCUT2D eigenvalue weighted by molar-refractivity contribution is 5.94. The first kappa shape index (κ1) is 14.6. The smallest absolute Gasteiger partial charge is 0.134 e. The number of hydrogen-bond acceptors (Lipinski definition) is 4. The number of nitrogens with zero attached hydrogens (tertiary/aromatic N) is 1. The summed E-state index contributed by atoms with van der Waals surface area (Å²) in [5, 5.41) is 9.09. The number of pyridine rings is 1. The maximum absolute atomic E-state index is 5.31. The zero-order valence-electron chi connectivity index (χ0n) is 12.5. The van der Waals surface area contributed by atoms with Gasteiger partial charge in [0.1, 0.15) is 11.6 Å². The van der Waals surface area contributed by atoms with Crippen molar-refractivity contribution in [2.24, 2.45) is 0 Å². The molecule has 0 unspecified atom stereocenters. The Morgan fingerprint density at radius 1 is 1.15 bits per heavy atom. The number of aromatic nitrogens is 1. The molecule has 20 heavy (non-hydrogen) atoms. The first-order chi connectivity index (χ1) is 9.76. The molecule has 0 aliphatic carbocycles. The summed E-state index contributed by atoms with van der Waals surface area (Å²) in [5.74, 6) is 1.78. The molecule has 0 aliphatic rings. The van der Waals surface area contributed by atoms with Crippen LogP contribution in [0.1, 0.15) is 18.9 Å². The number of ether oxygens (including phenoxy) is 1. The van der Waals surface area contributed by atoms with Gasteiger partial charge >= 0.3 is 0 Å². The van der Waals surface area contributed by atoms with Crippen LogP contribution in [0.4, 0.5) is 5.82 Å². The summed E-state index contributed by atoms with van der Waals surface area (Å²) in [4.78, 5) is 4.51. The molecule has 0 amide bonds. The quantitative estimate of drug-likeness (QED) is 0.761. The van der Waals surface area contributed by atoms with E-state index in [0.29, 0.717) is 0 Å². The molecule has 0 fully saturated rings. The minimum atomic E-state index is 0.858. The van der Waals surface area contributed by atoms with Crippen molar-refractivity contribution in [3.63, 3.8) is 0 Å². The molecule has 0 saturated carbocycles. The number of hydrogen-bond donors (Lipinski definition) is 2. The molecule has 0 radical (unpaired) electrons. The molecule has 0 aliphatic heterocycles. The lowest BCUT2D eigenvalue weighted by molar-refractivity contribution is 0.415. The van der Waals surface area contributed by atoms with Crippen molar-refractivity contribution in [2.75, 3.05) is 32.1 Å². The highest BCUT2D eigenvalue weighted by Gasteiger charge is 2.06. The average molecular weight is 273 g/mol. The molecular weight excluding hydrogens is 250 g/mol. The van der Waals surface area contributed by atoms with Crippen LogP contribution in [-0.4, -0.2) is 31.7 Å². The first-order valence-corrected chi connectivity index (χ1v) is 7.14. The van der Waals surface area contributed by atoms with Gasteiger partial charge in [-0.1, -0.05) is 13.0 Å². The lowest BCUT2D eigenvalue weighted by Gasteiger charge is -2.12. The summed E-state index contributed by atoms with van der Waals surface area (Å²) < 4.78 is 5.31. The molecule has 2 rings (SSSR count). The van der Waals surface area contributed by atoms with Crippen LogP contribution in [0.25, 0.3) is 10.8 Å². The van der Waals surface area contributed by atoms with Crippen LogP contribution in [0, 0.1) is 6.92 Å². The van der Waals surface area contributed by atoms with Gasteiger partial charge in [0.25, 0.3) is 0 Å². The Morgan fingerprint density at radius 2 is 2.00 bits per heavy atom. The molecule has 2 aromatic rings. The third-order valence-corrected chi connectivity index (χ3v) is 3.31. The molecule has 108 valence electrons. The number of nitrogens with one attached hydrogen (secondary N) is 2. The lowest BCUT2D eigenvalue weighted by atomic mass is 10.1. The minimum absolute atomic E-state index is 0.858. The molecule has 1 aromatic heterocycles. The van der Waals surface area contributed by atoms with Gasteiger partial charge in [-0.25, -0.2) is 4.98 Å². The predicted molar refractivity (Wildman–Crippen MR) is 84.7 cm³/mol. The molecular formula is C16H23N3O. The van der Waals surface area contributed by atoms with Crippen molar-refractivity contribution < 1.29 is 4.74 Å². The topological polar surface area (TPSA) is 46.2 Å². The van der Waals surface area contributed by atoms with E-state index in [9.17, 15) is 0 Å².